The number of nitrogens with zero attached hydrogens (tertiary/aromatic N) is 1. The Morgan fingerprint density at radius 1 is 1.67 bits per heavy atom. The first-order valence-corrected chi connectivity index (χ1v) is 4.25. The molecule has 0 aliphatic carbocycles. The van der Waals surface area contributed by atoms with Crippen molar-refractivity contribution >= 4 is 0 Å². The van der Waals surface area contributed by atoms with Crippen molar-refractivity contribution in [2.45, 2.75) is 25.0 Å². The molecule has 3 N–H and O–H groups in total. The minimum absolute atomic E-state index is 0.182. The van der Waals surface area contributed by atoms with Crippen LogP contribution in [0.2, 0.25) is 0 Å². The molecule has 4 nitrogen and oxygen atoms in total. The van der Waals surface area contributed by atoms with Gasteiger partial charge in [-0.1, -0.05) is 0 Å². The Hall–Kier alpha value is -0.870. The molecule has 0 aromatic carbocycles. The van der Waals surface area contributed by atoms with Gasteiger partial charge in [-0.25, -0.2) is 0 Å². The van der Waals surface area contributed by atoms with Crippen molar-refractivity contribution in [1.29, 1.82) is 0 Å². The SMILES string of the molecule is NCC1CCC(c2ccn[nH]2)O1. The lowest BCUT2D eigenvalue weighted by Crippen LogP contribution is -2.18. The smallest absolute Gasteiger partial charge is 0.0994 e. The van der Waals surface area contributed by atoms with Gasteiger partial charge in [-0.15, -0.1) is 0 Å². The molecule has 1 saturated heterocycles. The number of aromatic amines is 1. The van der Waals surface area contributed by atoms with Gasteiger partial charge in [0.05, 0.1) is 17.9 Å². The summed E-state index contributed by atoms with van der Waals surface area (Å²) >= 11 is 0. The molecule has 1 aromatic heterocycles. The van der Waals surface area contributed by atoms with Gasteiger partial charge in [0.1, 0.15) is 0 Å². The number of nitrogens with two attached hydrogens (primary N) is 1. The monoisotopic (exact) mass is 167 g/mol. The lowest BCUT2D eigenvalue weighted by molar-refractivity contribution is 0.0474. The predicted octanol–water partition coefficient (Wildman–Crippen LogP) is 0.588. The van der Waals surface area contributed by atoms with Gasteiger partial charge in [-0.3, -0.25) is 5.10 Å². The van der Waals surface area contributed by atoms with E-state index in [0.717, 1.165) is 18.5 Å². The Bertz CT molecular complexity index is 234. The summed E-state index contributed by atoms with van der Waals surface area (Å²) in [5.74, 6) is 0. The van der Waals surface area contributed by atoms with Gasteiger partial charge in [-0.05, 0) is 18.9 Å². The first kappa shape index (κ1) is 7.76. The van der Waals surface area contributed by atoms with E-state index in [1.165, 1.54) is 0 Å². The van der Waals surface area contributed by atoms with Crippen LogP contribution in [0.25, 0.3) is 0 Å². The molecular weight excluding hydrogens is 154 g/mol. The third-order valence-electron chi connectivity index (χ3n) is 2.24. The van der Waals surface area contributed by atoms with E-state index in [9.17, 15) is 0 Å². The van der Waals surface area contributed by atoms with Crippen LogP contribution in [0.3, 0.4) is 0 Å². The highest BCUT2D eigenvalue weighted by Gasteiger charge is 2.25. The molecule has 4 heteroatoms. The second-order valence-electron chi connectivity index (χ2n) is 3.07. The summed E-state index contributed by atoms with van der Waals surface area (Å²) in [6.07, 6.45) is 4.26. The zero-order chi connectivity index (χ0) is 8.39. The maximum Gasteiger partial charge on any atom is 0.0994 e. The van der Waals surface area contributed by atoms with Gasteiger partial charge in [0, 0.05) is 12.7 Å². The molecule has 0 spiro atoms. The number of hydrogen-bond acceptors (Lipinski definition) is 3. The second-order valence-corrected chi connectivity index (χ2v) is 3.07. The third-order valence-corrected chi connectivity index (χ3v) is 2.24. The lowest BCUT2D eigenvalue weighted by atomic mass is 10.1. The number of ether oxygens (including phenoxy) is 1. The molecular formula is C8H13N3O. The Morgan fingerprint density at radius 2 is 2.58 bits per heavy atom. The standard InChI is InChI=1S/C8H13N3O/c9-5-6-1-2-8(12-6)7-3-4-10-11-7/h3-4,6,8H,1-2,5,9H2,(H,10,11). The molecule has 1 aromatic rings. The lowest BCUT2D eigenvalue weighted by Gasteiger charge is -2.09. The van der Waals surface area contributed by atoms with Crippen LogP contribution in [0.15, 0.2) is 12.3 Å². The third kappa shape index (κ3) is 1.35. The normalized spacial score (nSPS) is 29.4. The van der Waals surface area contributed by atoms with Crippen LogP contribution >= 0.6 is 0 Å². The summed E-state index contributed by atoms with van der Waals surface area (Å²) in [4.78, 5) is 0. The molecule has 2 atom stereocenters. The van der Waals surface area contributed by atoms with Crippen molar-refractivity contribution in [3.05, 3.63) is 18.0 Å². The molecule has 1 aliphatic heterocycles. The summed E-state index contributed by atoms with van der Waals surface area (Å²) in [7, 11) is 0. The van der Waals surface area contributed by atoms with E-state index in [2.05, 4.69) is 10.2 Å². The number of hydrogen-bond donors (Lipinski definition) is 2. The zero-order valence-corrected chi connectivity index (χ0v) is 6.86. The van der Waals surface area contributed by atoms with Crippen LogP contribution < -0.4 is 5.73 Å². The largest absolute Gasteiger partial charge is 0.367 e. The first-order chi connectivity index (χ1) is 5.90. The van der Waals surface area contributed by atoms with Crippen LogP contribution in [-0.2, 0) is 4.74 Å². The molecule has 2 rings (SSSR count). The Kier molecular flexibility index (Phi) is 2.10. The molecule has 0 bridgehead atoms. The highest BCUT2D eigenvalue weighted by Crippen LogP contribution is 2.30. The predicted molar refractivity (Wildman–Crippen MR) is 44.5 cm³/mol. The van der Waals surface area contributed by atoms with Gasteiger partial charge in [0.25, 0.3) is 0 Å². The van der Waals surface area contributed by atoms with Crippen molar-refractivity contribution in [1.82, 2.24) is 10.2 Å². The summed E-state index contributed by atoms with van der Waals surface area (Å²) < 4.78 is 5.66. The molecule has 1 fully saturated rings. The van der Waals surface area contributed by atoms with Crippen LogP contribution in [0.4, 0.5) is 0 Å². The fourth-order valence-corrected chi connectivity index (χ4v) is 1.55. The average Bonchev–Trinajstić information content (AvgIpc) is 2.75. The molecule has 1 aliphatic rings. The summed E-state index contributed by atoms with van der Waals surface area (Å²) in [6, 6.07) is 1.95. The van der Waals surface area contributed by atoms with E-state index < -0.39 is 0 Å². The molecule has 0 saturated carbocycles. The number of rotatable bonds is 2. The minimum Gasteiger partial charge on any atom is -0.367 e. The van der Waals surface area contributed by atoms with E-state index in [4.69, 9.17) is 10.5 Å². The molecule has 66 valence electrons. The van der Waals surface area contributed by atoms with Crippen LogP contribution in [-0.4, -0.2) is 22.8 Å². The fourth-order valence-electron chi connectivity index (χ4n) is 1.55. The van der Waals surface area contributed by atoms with Gasteiger partial charge < -0.3 is 10.5 Å². The van der Waals surface area contributed by atoms with Crippen molar-refractivity contribution in [2.24, 2.45) is 5.73 Å². The second kappa shape index (κ2) is 3.25. The first-order valence-electron chi connectivity index (χ1n) is 4.25. The van der Waals surface area contributed by atoms with E-state index >= 15 is 0 Å². The van der Waals surface area contributed by atoms with Gasteiger partial charge >= 0.3 is 0 Å². The van der Waals surface area contributed by atoms with Gasteiger partial charge in [-0.2, -0.15) is 5.10 Å². The summed E-state index contributed by atoms with van der Waals surface area (Å²) in [6.45, 7) is 0.616. The Labute approximate surface area is 71.1 Å². The molecule has 2 heterocycles. The fraction of sp³-hybridized carbons (Fsp3) is 0.625. The van der Waals surface area contributed by atoms with E-state index in [0.29, 0.717) is 6.54 Å². The van der Waals surface area contributed by atoms with Crippen LogP contribution in [0.1, 0.15) is 24.6 Å². The maximum absolute atomic E-state index is 5.66. The van der Waals surface area contributed by atoms with Crippen molar-refractivity contribution < 1.29 is 4.74 Å². The highest BCUT2D eigenvalue weighted by molar-refractivity contribution is 5.03. The summed E-state index contributed by atoms with van der Waals surface area (Å²) in [5, 5.41) is 6.79. The summed E-state index contributed by atoms with van der Waals surface area (Å²) in [5.41, 5.74) is 6.56. The van der Waals surface area contributed by atoms with Gasteiger partial charge in [0.15, 0.2) is 0 Å². The van der Waals surface area contributed by atoms with Gasteiger partial charge in [0.2, 0.25) is 0 Å². The maximum atomic E-state index is 5.66. The number of nitrogens with one attached hydrogen (secondary N) is 1. The quantitative estimate of drug-likeness (QED) is 0.677. The van der Waals surface area contributed by atoms with Crippen molar-refractivity contribution in [3.63, 3.8) is 0 Å². The molecule has 0 amide bonds. The van der Waals surface area contributed by atoms with Crippen LogP contribution in [0.5, 0.6) is 0 Å². The topological polar surface area (TPSA) is 63.9 Å². The van der Waals surface area contributed by atoms with E-state index in [1.807, 2.05) is 6.07 Å². The zero-order valence-electron chi connectivity index (χ0n) is 6.86. The number of aromatic nitrogens is 2. The van der Waals surface area contributed by atoms with E-state index in [1.54, 1.807) is 6.20 Å². The van der Waals surface area contributed by atoms with Crippen molar-refractivity contribution in [3.8, 4) is 0 Å². The highest BCUT2D eigenvalue weighted by atomic mass is 16.5. The number of H-pyrrole nitrogens is 1. The molecule has 2 unspecified atom stereocenters. The van der Waals surface area contributed by atoms with Crippen LogP contribution in [0, 0.1) is 0 Å². The average molecular weight is 167 g/mol. The molecule has 0 radical (unpaired) electrons. The van der Waals surface area contributed by atoms with E-state index in [-0.39, 0.29) is 12.2 Å². The minimum atomic E-state index is 0.182. The Balaban J connectivity index is 2.00. The van der Waals surface area contributed by atoms with Crippen molar-refractivity contribution in [2.75, 3.05) is 6.54 Å². The Morgan fingerprint density at radius 3 is 3.17 bits per heavy atom. The molecule has 12 heavy (non-hydrogen) atoms.